The minimum atomic E-state index is -0.404. The third-order valence-corrected chi connectivity index (χ3v) is 4.39. The van der Waals surface area contributed by atoms with E-state index in [9.17, 15) is 9.18 Å². The fraction of sp³-hybridized carbons (Fsp3) is 0.316. The lowest BCUT2D eigenvalue weighted by molar-refractivity contribution is -0.120. The van der Waals surface area contributed by atoms with Crippen molar-refractivity contribution < 1.29 is 9.18 Å². The number of hydrogen-bond donors (Lipinski definition) is 2. The third-order valence-electron chi connectivity index (χ3n) is 4.39. The van der Waals surface area contributed by atoms with Gasteiger partial charge in [0.1, 0.15) is 11.9 Å². The molecule has 2 aromatic carbocycles. The average molecular weight is 312 g/mol. The van der Waals surface area contributed by atoms with Crippen molar-refractivity contribution >= 4 is 5.91 Å². The molecule has 1 aliphatic heterocycles. The van der Waals surface area contributed by atoms with Crippen molar-refractivity contribution in [1.29, 1.82) is 0 Å². The number of carbonyl (C=O) groups excluding carboxylic acids is 1. The zero-order valence-electron chi connectivity index (χ0n) is 13.0. The molecule has 120 valence electrons. The molecule has 1 heterocycles. The van der Waals surface area contributed by atoms with Crippen LogP contribution >= 0.6 is 0 Å². The second-order valence-electron chi connectivity index (χ2n) is 6.05. The van der Waals surface area contributed by atoms with Crippen LogP contribution in [0.15, 0.2) is 42.5 Å². The SMILES string of the molecule is NC(=O)C1NCCCc2ccc(CCc3ccc(F)cc3)cc21. The van der Waals surface area contributed by atoms with Gasteiger partial charge in [-0.3, -0.25) is 4.79 Å². The van der Waals surface area contributed by atoms with Crippen molar-refractivity contribution in [3.63, 3.8) is 0 Å². The molecule has 3 N–H and O–H groups in total. The maximum Gasteiger partial charge on any atom is 0.239 e. The van der Waals surface area contributed by atoms with E-state index in [-0.39, 0.29) is 11.7 Å². The molecule has 0 saturated carbocycles. The number of carbonyl (C=O) groups is 1. The minimum Gasteiger partial charge on any atom is -0.368 e. The van der Waals surface area contributed by atoms with Gasteiger partial charge in [0.15, 0.2) is 0 Å². The topological polar surface area (TPSA) is 55.1 Å². The summed E-state index contributed by atoms with van der Waals surface area (Å²) in [5.74, 6) is -0.544. The highest BCUT2D eigenvalue weighted by Gasteiger charge is 2.22. The quantitative estimate of drug-likeness (QED) is 0.912. The number of amides is 1. The Morgan fingerprint density at radius 2 is 1.83 bits per heavy atom. The van der Waals surface area contributed by atoms with E-state index in [1.165, 1.54) is 23.3 Å². The van der Waals surface area contributed by atoms with Gasteiger partial charge in [-0.1, -0.05) is 30.3 Å². The Balaban J connectivity index is 1.78. The fourth-order valence-electron chi connectivity index (χ4n) is 3.13. The van der Waals surface area contributed by atoms with Crippen LogP contribution in [0.1, 0.15) is 34.7 Å². The molecule has 1 aliphatic rings. The van der Waals surface area contributed by atoms with Gasteiger partial charge in [-0.25, -0.2) is 4.39 Å². The minimum absolute atomic E-state index is 0.214. The Morgan fingerprint density at radius 1 is 1.13 bits per heavy atom. The Bertz CT molecular complexity index is 697. The first-order valence-electron chi connectivity index (χ1n) is 8.02. The predicted octanol–water partition coefficient (Wildman–Crippen LogP) is 2.67. The van der Waals surface area contributed by atoms with E-state index < -0.39 is 6.04 Å². The van der Waals surface area contributed by atoms with Gasteiger partial charge in [0.2, 0.25) is 5.91 Å². The highest BCUT2D eigenvalue weighted by molar-refractivity contribution is 5.82. The van der Waals surface area contributed by atoms with Gasteiger partial charge >= 0.3 is 0 Å². The number of fused-ring (bicyclic) bond motifs is 1. The number of hydrogen-bond acceptors (Lipinski definition) is 2. The van der Waals surface area contributed by atoms with E-state index in [4.69, 9.17) is 5.73 Å². The van der Waals surface area contributed by atoms with Gasteiger partial charge < -0.3 is 11.1 Å². The van der Waals surface area contributed by atoms with E-state index >= 15 is 0 Å². The van der Waals surface area contributed by atoms with Crippen molar-refractivity contribution in [2.75, 3.05) is 6.54 Å². The standard InChI is InChI=1S/C19H21FN2O/c20-16-9-6-13(7-10-16)3-4-14-5-8-15-2-1-11-22-18(19(21)23)17(15)12-14/h5-10,12,18,22H,1-4,11H2,(H2,21,23). The average Bonchev–Trinajstić information content (AvgIpc) is 2.76. The molecule has 1 amide bonds. The number of primary amides is 1. The van der Waals surface area contributed by atoms with Crippen molar-refractivity contribution in [2.24, 2.45) is 5.73 Å². The molecule has 0 spiro atoms. The van der Waals surface area contributed by atoms with Crippen molar-refractivity contribution in [3.8, 4) is 0 Å². The Kier molecular flexibility index (Phi) is 4.72. The number of nitrogens with two attached hydrogens (primary N) is 1. The lowest BCUT2D eigenvalue weighted by atomic mass is 9.94. The third kappa shape index (κ3) is 3.77. The molecular formula is C19H21FN2O. The molecule has 4 heteroatoms. The van der Waals surface area contributed by atoms with Crippen LogP contribution in [0.4, 0.5) is 4.39 Å². The first kappa shape index (κ1) is 15.7. The highest BCUT2D eigenvalue weighted by Crippen LogP contribution is 2.24. The normalized spacial score (nSPS) is 17.3. The molecule has 23 heavy (non-hydrogen) atoms. The first-order chi connectivity index (χ1) is 11.1. The van der Waals surface area contributed by atoms with Crippen LogP contribution in [-0.2, 0) is 24.1 Å². The number of benzene rings is 2. The summed E-state index contributed by atoms with van der Waals surface area (Å²) in [6.45, 7) is 0.799. The molecule has 0 radical (unpaired) electrons. The van der Waals surface area contributed by atoms with Gasteiger partial charge in [-0.05, 0) is 66.6 Å². The van der Waals surface area contributed by atoms with Gasteiger partial charge in [0.25, 0.3) is 0 Å². The van der Waals surface area contributed by atoms with Gasteiger partial charge in [0.05, 0.1) is 0 Å². The molecule has 2 aromatic rings. The lowest BCUT2D eigenvalue weighted by Crippen LogP contribution is -2.33. The van der Waals surface area contributed by atoms with Crippen LogP contribution in [-0.4, -0.2) is 12.5 Å². The van der Waals surface area contributed by atoms with Crippen LogP contribution < -0.4 is 11.1 Å². The van der Waals surface area contributed by atoms with Gasteiger partial charge in [-0.2, -0.15) is 0 Å². The van der Waals surface area contributed by atoms with Crippen LogP contribution in [0.25, 0.3) is 0 Å². The summed E-state index contributed by atoms with van der Waals surface area (Å²) >= 11 is 0. The maximum absolute atomic E-state index is 12.9. The van der Waals surface area contributed by atoms with Crippen molar-refractivity contribution in [1.82, 2.24) is 5.32 Å². The summed E-state index contributed by atoms with van der Waals surface area (Å²) in [5, 5.41) is 3.23. The van der Waals surface area contributed by atoms with E-state index in [1.54, 1.807) is 0 Å². The van der Waals surface area contributed by atoms with Crippen LogP contribution in [0.5, 0.6) is 0 Å². The summed E-state index contributed by atoms with van der Waals surface area (Å²) in [4.78, 5) is 11.7. The molecular weight excluding hydrogens is 291 g/mol. The van der Waals surface area contributed by atoms with E-state index in [0.29, 0.717) is 0 Å². The fourth-order valence-corrected chi connectivity index (χ4v) is 3.13. The molecule has 0 aliphatic carbocycles. The zero-order chi connectivity index (χ0) is 16.2. The highest BCUT2D eigenvalue weighted by atomic mass is 19.1. The predicted molar refractivity (Wildman–Crippen MR) is 88.5 cm³/mol. The molecule has 0 saturated heterocycles. The number of halogens is 1. The summed E-state index contributed by atoms with van der Waals surface area (Å²) in [7, 11) is 0. The van der Waals surface area contributed by atoms with Crippen molar-refractivity contribution in [2.45, 2.75) is 31.7 Å². The van der Waals surface area contributed by atoms with E-state index in [2.05, 4.69) is 23.5 Å². The maximum atomic E-state index is 12.9. The van der Waals surface area contributed by atoms with Crippen LogP contribution in [0, 0.1) is 5.82 Å². The Labute approximate surface area is 135 Å². The molecule has 3 rings (SSSR count). The second-order valence-corrected chi connectivity index (χ2v) is 6.05. The Hall–Kier alpha value is -2.20. The summed E-state index contributed by atoms with van der Waals surface area (Å²) in [6.07, 6.45) is 3.66. The molecule has 0 bridgehead atoms. The number of aryl methyl sites for hydroxylation is 3. The number of nitrogens with one attached hydrogen (secondary N) is 1. The molecule has 1 atom stereocenters. The number of rotatable bonds is 4. The van der Waals surface area contributed by atoms with Gasteiger partial charge in [0, 0.05) is 0 Å². The van der Waals surface area contributed by atoms with Crippen molar-refractivity contribution in [3.05, 3.63) is 70.5 Å². The van der Waals surface area contributed by atoms with Gasteiger partial charge in [-0.15, -0.1) is 0 Å². The van der Waals surface area contributed by atoms with Crippen LogP contribution in [0.2, 0.25) is 0 Å². The second kappa shape index (κ2) is 6.92. The Morgan fingerprint density at radius 3 is 2.57 bits per heavy atom. The monoisotopic (exact) mass is 312 g/mol. The molecule has 0 aromatic heterocycles. The summed E-state index contributed by atoms with van der Waals surface area (Å²) in [6, 6.07) is 12.5. The van der Waals surface area contributed by atoms with E-state index in [1.807, 2.05) is 12.1 Å². The van der Waals surface area contributed by atoms with E-state index in [0.717, 1.165) is 43.4 Å². The molecule has 3 nitrogen and oxygen atoms in total. The smallest absolute Gasteiger partial charge is 0.239 e. The largest absolute Gasteiger partial charge is 0.368 e. The molecule has 0 fully saturated rings. The first-order valence-corrected chi connectivity index (χ1v) is 8.02. The molecule has 1 unspecified atom stereocenters. The zero-order valence-corrected chi connectivity index (χ0v) is 13.0. The summed E-state index contributed by atoms with van der Waals surface area (Å²) in [5.41, 5.74) is 10.0. The lowest BCUT2D eigenvalue weighted by Gasteiger charge is -2.16. The summed E-state index contributed by atoms with van der Waals surface area (Å²) < 4.78 is 12.9. The van der Waals surface area contributed by atoms with Crippen LogP contribution in [0.3, 0.4) is 0 Å².